The number of benzene rings is 2. The van der Waals surface area contributed by atoms with Crippen molar-refractivity contribution in [2.24, 2.45) is 0 Å². The van der Waals surface area contributed by atoms with Crippen LogP contribution in [0.5, 0.6) is 5.75 Å². The van der Waals surface area contributed by atoms with Crippen molar-refractivity contribution in [3.05, 3.63) is 83.6 Å². The smallest absolute Gasteiger partial charge is 0.302 e. The molecule has 0 saturated heterocycles. The van der Waals surface area contributed by atoms with Gasteiger partial charge in [0.15, 0.2) is 0 Å². The van der Waals surface area contributed by atoms with Crippen molar-refractivity contribution in [1.29, 1.82) is 0 Å². The van der Waals surface area contributed by atoms with Gasteiger partial charge in [0, 0.05) is 59.6 Å². The van der Waals surface area contributed by atoms with Gasteiger partial charge in [0.25, 0.3) is 0 Å². The molecule has 0 aliphatic heterocycles. The average Bonchev–Trinajstić information content (AvgIpc) is 3.34. The molecule has 2 aromatic carbocycles. The molecule has 0 aliphatic rings. The molecule has 1 N–H and O–H groups in total. The van der Waals surface area contributed by atoms with E-state index in [1.54, 1.807) is 12.3 Å². The molecule has 2 heterocycles. The quantitative estimate of drug-likeness (QED) is 0.158. The molecule has 218 valence electrons. The largest absolute Gasteiger partial charge is 0.598 e. The summed E-state index contributed by atoms with van der Waals surface area (Å²) in [5, 5.41) is 1.11. The Hall–Kier alpha value is -3.40. The normalized spacial score (nSPS) is 12.6. The lowest BCUT2D eigenvalue weighted by atomic mass is 9.99. The summed E-state index contributed by atoms with van der Waals surface area (Å²) in [6, 6.07) is 15.0. The number of carbonyl (C=O) groups is 1. The second-order valence-electron chi connectivity index (χ2n) is 11.3. The Bertz CT molecular complexity index is 1510. The van der Waals surface area contributed by atoms with Crippen LogP contribution in [-0.2, 0) is 40.5 Å². The predicted octanol–water partition coefficient (Wildman–Crippen LogP) is 6.66. The zero-order valence-electron chi connectivity index (χ0n) is 24.5. The fourth-order valence-electron chi connectivity index (χ4n) is 4.54. The highest BCUT2D eigenvalue weighted by Crippen LogP contribution is 2.33. The Balaban J connectivity index is 1.65. The van der Waals surface area contributed by atoms with Crippen LogP contribution < -0.4 is 9.46 Å². The molecule has 0 saturated carbocycles. The van der Waals surface area contributed by atoms with Gasteiger partial charge in [-0.3, -0.25) is 9.78 Å². The van der Waals surface area contributed by atoms with Gasteiger partial charge in [-0.05, 0) is 99.8 Å². The maximum atomic E-state index is 14.0. The number of fused-ring (bicyclic) bond motifs is 1. The molecule has 0 spiro atoms. The summed E-state index contributed by atoms with van der Waals surface area (Å²) in [6.45, 7) is 12.2. The molecule has 7 nitrogen and oxygen atoms in total. The second-order valence-corrected chi connectivity index (χ2v) is 13.3. The summed E-state index contributed by atoms with van der Waals surface area (Å²) in [7, 11) is 0. The third-order valence-corrected chi connectivity index (χ3v) is 8.13. The fourth-order valence-corrected chi connectivity index (χ4v) is 5.25. The van der Waals surface area contributed by atoms with E-state index in [1.165, 1.54) is 19.1 Å². The molecular formula is C32H38FN3O4S. The van der Waals surface area contributed by atoms with E-state index in [2.05, 4.69) is 52.5 Å². The molecule has 0 amide bonds. The van der Waals surface area contributed by atoms with Gasteiger partial charge in [0.1, 0.15) is 22.9 Å². The summed E-state index contributed by atoms with van der Waals surface area (Å²) in [6.07, 6.45) is 4.21. The number of hydrogen-bond acceptors (Lipinski definition) is 6. The number of rotatable bonds is 11. The first kappa shape index (κ1) is 30.6. The third-order valence-electron chi connectivity index (χ3n) is 6.62. The maximum Gasteiger partial charge on any atom is 0.302 e. The van der Waals surface area contributed by atoms with Crippen LogP contribution >= 0.6 is 0 Å². The van der Waals surface area contributed by atoms with Crippen LogP contribution in [-0.4, -0.2) is 31.4 Å². The van der Waals surface area contributed by atoms with Crippen molar-refractivity contribution in [2.45, 2.75) is 71.9 Å². The van der Waals surface area contributed by atoms with Crippen molar-refractivity contribution < 1.29 is 23.2 Å². The Morgan fingerprint density at radius 3 is 2.63 bits per heavy atom. The van der Waals surface area contributed by atoms with Crippen molar-refractivity contribution in [1.82, 2.24) is 14.3 Å². The van der Waals surface area contributed by atoms with E-state index in [1.807, 2.05) is 32.9 Å². The number of esters is 1. The summed E-state index contributed by atoms with van der Waals surface area (Å²) in [5.41, 5.74) is 5.49. The molecule has 4 aromatic rings. The molecular weight excluding hydrogens is 541 g/mol. The third kappa shape index (κ3) is 7.87. The van der Waals surface area contributed by atoms with Gasteiger partial charge in [0.2, 0.25) is 0 Å². The van der Waals surface area contributed by atoms with E-state index in [-0.39, 0.29) is 35.8 Å². The second kappa shape index (κ2) is 13.1. The monoisotopic (exact) mass is 579 g/mol. The lowest BCUT2D eigenvalue weighted by Crippen LogP contribution is -2.39. The first-order chi connectivity index (χ1) is 19.4. The van der Waals surface area contributed by atoms with Crippen LogP contribution in [0.25, 0.3) is 22.0 Å². The Kier molecular flexibility index (Phi) is 9.73. The van der Waals surface area contributed by atoms with Crippen LogP contribution in [0.2, 0.25) is 0 Å². The minimum absolute atomic E-state index is 0.149. The Labute approximate surface area is 244 Å². The number of nitrogens with zero attached hydrogens (tertiary/aromatic N) is 2. The van der Waals surface area contributed by atoms with Crippen molar-refractivity contribution in [2.75, 3.05) is 6.61 Å². The van der Waals surface area contributed by atoms with E-state index in [4.69, 9.17) is 9.47 Å². The number of hydrogen-bond donors (Lipinski definition) is 1. The summed E-state index contributed by atoms with van der Waals surface area (Å²) >= 11 is -1.20. The average molecular weight is 580 g/mol. The summed E-state index contributed by atoms with van der Waals surface area (Å²) in [4.78, 5) is 15.7. The van der Waals surface area contributed by atoms with Gasteiger partial charge in [-0.25, -0.2) is 4.39 Å². The number of nitrogens with one attached hydrogen (secondary N) is 1. The topological polar surface area (TPSA) is 88.4 Å². The molecule has 41 heavy (non-hydrogen) atoms. The Morgan fingerprint density at radius 2 is 1.93 bits per heavy atom. The Morgan fingerprint density at radius 1 is 1.15 bits per heavy atom. The highest BCUT2D eigenvalue weighted by Gasteiger charge is 2.26. The molecule has 0 unspecified atom stereocenters. The first-order valence-electron chi connectivity index (χ1n) is 13.7. The molecule has 1 atom stereocenters. The molecule has 0 bridgehead atoms. The molecule has 0 fully saturated rings. The highest BCUT2D eigenvalue weighted by atomic mass is 32.2. The zero-order chi connectivity index (χ0) is 29.7. The van der Waals surface area contributed by atoms with Crippen LogP contribution in [0.1, 0.15) is 64.4 Å². The summed E-state index contributed by atoms with van der Waals surface area (Å²) in [5.74, 6) is -0.207. The minimum atomic E-state index is -1.20. The van der Waals surface area contributed by atoms with E-state index in [0.29, 0.717) is 24.3 Å². The van der Waals surface area contributed by atoms with Crippen molar-refractivity contribution in [3.63, 3.8) is 0 Å². The van der Waals surface area contributed by atoms with Gasteiger partial charge >= 0.3 is 5.97 Å². The van der Waals surface area contributed by atoms with Crippen molar-refractivity contribution >= 4 is 28.2 Å². The molecule has 0 aliphatic carbocycles. The standard InChI is InChI=1S/C32H38FN3O4S/c1-21(2)36-13-10-28-29(24-9-12-34-27(18-24)19-35-41(38)32(4,5)6)15-23(16-30(28)36)20-40-31-8-7-26(33)17-25(31)11-14-39-22(3)37/h7-10,12-13,15-18,21,35H,11,14,19-20H2,1-6H3/t41-/m0/s1. The number of pyridine rings is 1. The fraction of sp³-hybridized carbons (Fsp3) is 0.375. The highest BCUT2D eigenvalue weighted by molar-refractivity contribution is 7.90. The number of carbonyl (C=O) groups excluding carboxylic acids is 1. The SMILES string of the molecule is CC(=O)OCCc1cc(F)ccc1OCc1cc(-c2ccnc(CN[S@@+]([O-])C(C)(C)C)c2)c2ccn(C(C)C)c2c1. The number of aromatic nitrogens is 2. The predicted molar refractivity (Wildman–Crippen MR) is 161 cm³/mol. The summed E-state index contributed by atoms with van der Waals surface area (Å²) < 4.78 is 42.7. The van der Waals surface area contributed by atoms with E-state index >= 15 is 0 Å². The van der Waals surface area contributed by atoms with Gasteiger partial charge in [-0.2, -0.15) is 0 Å². The van der Waals surface area contributed by atoms with E-state index < -0.39 is 11.4 Å². The van der Waals surface area contributed by atoms with Crippen LogP contribution in [0, 0.1) is 5.82 Å². The number of halogens is 1. The molecule has 4 rings (SSSR count). The molecule has 9 heteroatoms. The molecule has 0 radical (unpaired) electrons. The van der Waals surface area contributed by atoms with Gasteiger partial charge in [-0.15, -0.1) is 4.72 Å². The van der Waals surface area contributed by atoms with Gasteiger partial charge in [-0.1, -0.05) is 0 Å². The lowest BCUT2D eigenvalue weighted by molar-refractivity contribution is -0.140. The van der Waals surface area contributed by atoms with Gasteiger partial charge in [0.05, 0.1) is 18.8 Å². The lowest BCUT2D eigenvalue weighted by Gasteiger charge is -2.23. The maximum absolute atomic E-state index is 14.0. The first-order valence-corrected chi connectivity index (χ1v) is 14.9. The number of ether oxygens (including phenoxy) is 2. The van der Waals surface area contributed by atoms with Crippen LogP contribution in [0.15, 0.2) is 60.9 Å². The van der Waals surface area contributed by atoms with E-state index in [0.717, 1.165) is 33.3 Å². The van der Waals surface area contributed by atoms with Crippen LogP contribution in [0.4, 0.5) is 4.39 Å². The minimum Gasteiger partial charge on any atom is -0.598 e. The van der Waals surface area contributed by atoms with E-state index in [9.17, 15) is 13.7 Å². The van der Waals surface area contributed by atoms with Crippen LogP contribution in [0.3, 0.4) is 0 Å². The molecule has 2 aromatic heterocycles. The van der Waals surface area contributed by atoms with Gasteiger partial charge < -0.3 is 18.6 Å². The zero-order valence-corrected chi connectivity index (χ0v) is 25.3. The van der Waals surface area contributed by atoms with Crippen molar-refractivity contribution in [3.8, 4) is 16.9 Å².